The summed E-state index contributed by atoms with van der Waals surface area (Å²) in [5.74, 6) is -0.222. The molecule has 4 aliphatic carbocycles. The minimum atomic E-state index is -1.74. The molecule has 0 aromatic carbocycles. The number of ether oxygens (including phenoxy) is 9. The Kier molecular flexibility index (Phi) is 16.7. The molecule has 13 N–H and O–H groups in total. The summed E-state index contributed by atoms with van der Waals surface area (Å²) in [5.41, 5.74) is 1.07. The molecular weight excluding hydrogens is 953 g/mol. The first-order valence-corrected chi connectivity index (χ1v) is 26.3. The Bertz CT molecular complexity index is 1860. The zero-order chi connectivity index (χ0) is 51.9. The molecule has 0 spiro atoms. The van der Waals surface area contributed by atoms with Crippen LogP contribution in [0.5, 0.6) is 0 Å². The molecule has 3 saturated carbocycles. The van der Waals surface area contributed by atoms with Crippen molar-refractivity contribution in [3.05, 3.63) is 11.6 Å². The minimum absolute atomic E-state index is 0.0571. The maximum atomic E-state index is 12.1. The highest BCUT2D eigenvalue weighted by Crippen LogP contribution is 2.70. The molecule has 9 aliphatic rings. The van der Waals surface area contributed by atoms with Gasteiger partial charge in [0.1, 0.15) is 85.5 Å². The monoisotopic (exact) mass is 1030 g/mol. The zero-order valence-corrected chi connectivity index (χ0v) is 41.8. The Labute approximate surface area is 419 Å². The Hall–Kier alpha value is -1.14. The van der Waals surface area contributed by atoms with E-state index in [1.165, 1.54) is 12.5 Å². The lowest BCUT2D eigenvalue weighted by Gasteiger charge is -2.58. The van der Waals surface area contributed by atoms with Gasteiger partial charge in [0, 0.05) is 12.3 Å². The molecule has 5 aliphatic heterocycles. The van der Waals surface area contributed by atoms with E-state index in [-0.39, 0.29) is 41.3 Å². The van der Waals surface area contributed by atoms with Crippen molar-refractivity contribution in [2.24, 2.45) is 46.3 Å². The van der Waals surface area contributed by atoms with E-state index in [4.69, 9.17) is 42.6 Å². The number of aliphatic hydroxyl groups is 13. The van der Waals surface area contributed by atoms with Gasteiger partial charge in [0.15, 0.2) is 30.9 Å². The van der Waals surface area contributed by atoms with E-state index in [2.05, 4.69) is 26.8 Å². The normalized spacial score (nSPS) is 54.9. The van der Waals surface area contributed by atoms with Crippen LogP contribution in [-0.4, -0.2) is 228 Å². The molecule has 414 valence electrons. The molecule has 9 rings (SSSR count). The van der Waals surface area contributed by atoms with Gasteiger partial charge in [-0.1, -0.05) is 39.3 Å². The molecule has 22 nitrogen and oxygen atoms in total. The third kappa shape index (κ3) is 9.80. The van der Waals surface area contributed by atoms with E-state index in [1.807, 2.05) is 6.92 Å². The highest BCUT2D eigenvalue weighted by molar-refractivity contribution is 5.26. The van der Waals surface area contributed by atoms with Gasteiger partial charge in [-0.05, 0) is 98.7 Å². The van der Waals surface area contributed by atoms with E-state index < -0.39 is 148 Å². The molecule has 0 aromatic heterocycles. The minimum Gasteiger partial charge on any atom is -0.394 e. The lowest BCUT2D eigenvalue weighted by molar-refractivity contribution is -0.380. The molecule has 0 aromatic rings. The van der Waals surface area contributed by atoms with Crippen LogP contribution in [0.25, 0.3) is 0 Å². The summed E-state index contributed by atoms with van der Waals surface area (Å²) in [6, 6.07) is 0. The summed E-state index contributed by atoms with van der Waals surface area (Å²) in [4.78, 5) is 0. The summed E-state index contributed by atoms with van der Waals surface area (Å²) >= 11 is 0. The Morgan fingerprint density at radius 1 is 0.653 bits per heavy atom. The molecule has 0 amide bonds. The standard InChI is InChI=1S/C50H82O22/c1-20(19-64-44-39(60)37(58)34(55)29(16-51)67-44)8-13-50(63)21(2)32-28(72-50)15-27-25-7-6-23-14-24(9-11-48(23,4)26(25)10-12-49(27,32)5)66-47-43(71-45-40(61)36(57)33(54)22(3)65-45)41(62)42(31(18-53)69-47)70-46-38(59)35(56)30(17-52)68-46/h6,20-22,24-47,51-63H,7-19H2,1-5H3/t20-,21-,22-,24-,25+,26-,27-,28-,29+,30-,31+,32-,33-,34+,35-,36+,37-,38+,39+,40+,41-,42+,43+,44+,45-,46-,47+,48-,49-,50?/m0/s1. The van der Waals surface area contributed by atoms with Crippen LogP contribution in [0.4, 0.5) is 0 Å². The average molecular weight is 1040 g/mol. The molecule has 72 heavy (non-hydrogen) atoms. The van der Waals surface area contributed by atoms with Crippen LogP contribution < -0.4 is 0 Å². The van der Waals surface area contributed by atoms with Gasteiger partial charge in [-0.25, -0.2) is 0 Å². The molecule has 0 bridgehead atoms. The fourth-order valence-corrected chi connectivity index (χ4v) is 14.8. The second-order valence-electron chi connectivity index (χ2n) is 23.3. The van der Waals surface area contributed by atoms with Crippen molar-refractivity contribution in [1.29, 1.82) is 0 Å². The number of fused-ring (bicyclic) bond motifs is 7. The number of hydrogen-bond donors (Lipinski definition) is 13. The van der Waals surface area contributed by atoms with E-state index in [9.17, 15) is 66.4 Å². The topological polar surface area (TPSA) is 346 Å². The van der Waals surface area contributed by atoms with Gasteiger partial charge in [0.2, 0.25) is 0 Å². The summed E-state index contributed by atoms with van der Waals surface area (Å²) in [6.07, 6.45) is -18.8. The van der Waals surface area contributed by atoms with Crippen LogP contribution >= 0.6 is 0 Å². The second-order valence-corrected chi connectivity index (χ2v) is 23.3. The third-order valence-corrected chi connectivity index (χ3v) is 19.2. The Morgan fingerprint density at radius 3 is 1.94 bits per heavy atom. The highest BCUT2D eigenvalue weighted by atomic mass is 16.8. The van der Waals surface area contributed by atoms with Crippen molar-refractivity contribution in [2.45, 2.75) is 227 Å². The van der Waals surface area contributed by atoms with Gasteiger partial charge in [-0.2, -0.15) is 0 Å². The van der Waals surface area contributed by atoms with E-state index in [1.54, 1.807) is 0 Å². The first-order chi connectivity index (χ1) is 34.1. The van der Waals surface area contributed by atoms with E-state index in [0.717, 1.165) is 32.1 Å². The van der Waals surface area contributed by atoms with Crippen LogP contribution in [0, 0.1) is 46.3 Å². The van der Waals surface area contributed by atoms with E-state index >= 15 is 0 Å². The van der Waals surface area contributed by atoms with Gasteiger partial charge < -0.3 is 109 Å². The van der Waals surface area contributed by atoms with Crippen molar-refractivity contribution in [3.8, 4) is 0 Å². The van der Waals surface area contributed by atoms with Crippen LogP contribution in [0.15, 0.2) is 11.6 Å². The molecule has 30 atom stereocenters. The van der Waals surface area contributed by atoms with Crippen molar-refractivity contribution in [3.63, 3.8) is 0 Å². The number of rotatable bonds is 15. The van der Waals surface area contributed by atoms with Crippen LogP contribution in [0.2, 0.25) is 0 Å². The number of allylic oxidation sites excluding steroid dienone is 1. The number of hydrogen-bond acceptors (Lipinski definition) is 22. The van der Waals surface area contributed by atoms with Crippen molar-refractivity contribution in [2.75, 3.05) is 26.4 Å². The van der Waals surface area contributed by atoms with Crippen molar-refractivity contribution in [1.82, 2.24) is 0 Å². The van der Waals surface area contributed by atoms with Gasteiger partial charge in [0.05, 0.1) is 44.7 Å². The molecule has 8 fully saturated rings. The number of aliphatic hydroxyl groups excluding tert-OH is 12. The lowest BCUT2D eigenvalue weighted by atomic mass is 9.47. The molecule has 0 radical (unpaired) electrons. The van der Waals surface area contributed by atoms with E-state index in [0.29, 0.717) is 43.4 Å². The summed E-state index contributed by atoms with van der Waals surface area (Å²) in [7, 11) is 0. The second kappa shape index (κ2) is 21.6. The lowest BCUT2D eigenvalue weighted by Crippen LogP contribution is -2.65. The maximum Gasteiger partial charge on any atom is 0.187 e. The predicted octanol–water partition coefficient (Wildman–Crippen LogP) is -2.37. The maximum absolute atomic E-state index is 12.1. The van der Waals surface area contributed by atoms with Crippen LogP contribution in [0.1, 0.15) is 92.4 Å². The fraction of sp³-hybridized carbons (Fsp3) is 0.960. The highest BCUT2D eigenvalue weighted by Gasteiger charge is 2.68. The molecular formula is C50H82O22. The summed E-state index contributed by atoms with van der Waals surface area (Å²) < 4.78 is 54.3. The third-order valence-electron chi connectivity index (χ3n) is 19.2. The predicted molar refractivity (Wildman–Crippen MR) is 244 cm³/mol. The Balaban J connectivity index is 0.843. The first kappa shape index (κ1) is 55.6. The molecule has 5 saturated heterocycles. The van der Waals surface area contributed by atoms with Gasteiger partial charge in [-0.3, -0.25) is 0 Å². The summed E-state index contributed by atoms with van der Waals surface area (Å²) in [5, 5.41) is 138. The summed E-state index contributed by atoms with van der Waals surface area (Å²) in [6.45, 7) is 8.58. The Morgan fingerprint density at radius 2 is 1.25 bits per heavy atom. The quantitative estimate of drug-likeness (QED) is 0.0763. The molecule has 22 heteroatoms. The van der Waals surface area contributed by atoms with Crippen LogP contribution in [-0.2, 0) is 42.6 Å². The molecule has 1 unspecified atom stereocenters. The SMILES string of the molecule is C[C@@H](CCC1(O)O[C@H]2C[C@H]3[C@@H]4CC=C5C[C@@H](O[C@@H]6O[C@H](CO)[C@@H](O[C@@H]7O[C@@H](CO)[C@H](O)[C@H]7O)[C@H](O)[C@H]6O[C@@H]6O[C@@H](C)[C@H](O)[C@@H](O)[C@H]6O)CC[C@]5(C)[C@H]4CC[C@]3(C)[C@H]2[C@@H]1C)CO[C@@H]1O[C@H](CO)[C@@H](O)[C@H](O)[C@H]1O. The van der Waals surface area contributed by atoms with Gasteiger partial charge >= 0.3 is 0 Å². The molecule has 5 heterocycles. The first-order valence-electron chi connectivity index (χ1n) is 26.3. The largest absolute Gasteiger partial charge is 0.394 e. The van der Waals surface area contributed by atoms with Crippen LogP contribution in [0.3, 0.4) is 0 Å². The smallest absolute Gasteiger partial charge is 0.187 e. The van der Waals surface area contributed by atoms with Crippen molar-refractivity contribution >= 4 is 0 Å². The zero-order valence-electron chi connectivity index (χ0n) is 41.8. The van der Waals surface area contributed by atoms with Crippen molar-refractivity contribution < 1.29 is 109 Å². The fourth-order valence-electron chi connectivity index (χ4n) is 14.8. The average Bonchev–Trinajstić information content (AvgIpc) is 3.91. The van der Waals surface area contributed by atoms with Gasteiger partial charge in [0.25, 0.3) is 0 Å². The van der Waals surface area contributed by atoms with Gasteiger partial charge in [-0.15, -0.1) is 0 Å².